The molecule has 0 bridgehead atoms. The molecule has 2 aromatic rings. The van der Waals surface area contributed by atoms with E-state index in [4.69, 9.17) is 0 Å². The van der Waals surface area contributed by atoms with Gasteiger partial charge in [-0.3, -0.25) is 0 Å². The van der Waals surface area contributed by atoms with Gasteiger partial charge in [-0.25, -0.2) is 0 Å². The van der Waals surface area contributed by atoms with Crippen molar-refractivity contribution in [3.8, 4) is 0 Å². The smallest absolute Gasteiger partial charge is 0.108 e. The van der Waals surface area contributed by atoms with Crippen LogP contribution >= 0.6 is 45.2 Å². The molecule has 0 amide bonds. The summed E-state index contributed by atoms with van der Waals surface area (Å²) in [6.45, 7) is 1.95. The normalized spacial score (nSPS) is 15.7. The second-order valence-corrected chi connectivity index (χ2v) is 6.84. The van der Waals surface area contributed by atoms with Gasteiger partial charge in [0.15, 0.2) is 0 Å². The molecule has 0 saturated heterocycles. The summed E-state index contributed by atoms with van der Waals surface area (Å²) in [6, 6.07) is 15.3. The maximum atomic E-state index is 2.44. The average Bonchev–Trinajstić information content (AvgIpc) is 2.66. The molecule has 0 aromatic heterocycles. The molecule has 98 valence electrons. The van der Waals surface area contributed by atoms with Crippen LogP contribution < -0.4 is 0 Å². The number of benzene rings is 2. The van der Waals surface area contributed by atoms with E-state index < -0.39 is 0 Å². The molecule has 1 aliphatic heterocycles. The highest BCUT2D eigenvalue weighted by molar-refractivity contribution is 14.1. The Labute approximate surface area is 140 Å². The quantitative estimate of drug-likeness (QED) is 0.464. The zero-order chi connectivity index (χ0) is 13.4. The first-order valence-electron chi connectivity index (χ1n) is 6.14. The molecular weight excluding hydrogens is 462 g/mol. The van der Waals surface area contributed by atoms with Gasteiger partial charge in [-0.15, -0.1) is 0 Å². The van der Waals surface area contributed by atoms with Crippen LogP contribution in [0.5, 0.6) is 0 Å². The molecule has 1 aliphatic rings. The minimum atomic E-state index is 0.972. The number of rotatable bonds is 2. The Morgan fingerprint density at radius 2 is 1.74 bits per heavy atom. The molecule has 2 aromatic carbocycles. The summed E-state index contributed by atoms with van der Waals surface area (Å²) in [5.74, 6) is 0. The lowest BCUT2D eigenvalue weighted by Gasteiger charge is -2.20. The van der Waals surface area contributed by atoms with Crippen LogP contribution in [0.4, 0.5) is 0 Å². The molecule has 0 radical (unpaired) electrons. The van der Waals surface area contributed by atoms with E-state index in [9.17, 15) is 0 Å². The Morgan fingerprint density at radius 3 is 2.42 bits per heavy atom. The third-order valence-electron chi connectivity index (χ3n) is 3.35. The highest BCUT2D eigenvalue weighted by Crippen LogP contribution is 2.33. The second kappa shape index (κ2) is 5.47. The Bertz CT molecular complexity index is 651. The first-order valence-corrected chi connectivity index (χ1v) is 8.30. The Hall–Kier alpha value is -0.500. The molecule has 1 heterocycles. The van der Waals surface area contributed by atoms with Crippen LogP contribution in [0.25, 0.3) is 10.8 Å². The van der Waals surface area contributed by atoms with E-state index in [0.717, 1.165) is 13.2 Å². The van der Waals surface area contributed by atoms with E-state index >= 15 is 0 Å². The lowest BCUT2D eigenvalue weighted by atomic mass is 10.1. The van der Waals surface area contributed by atoms with Crippen LogP contribution in [-0.2, 0) is 6.54 Å². The SMILES string of the molecule is CN1CN(Cc2ccc3ccccc3c2)C(I)=C1I. The number of hydrogen-bond donors (Lipinski definition) is 0. The molecule has 0 spiro atoms. The zero-order valence-electron chi connectivity index (χ0n) is 10.6. The predicted octanol–water partition coefficient (Wildman–Crippen LogP) is 4.54. The molecule has 0 aliphatic carbocycles. The van der Waals surface area contributed by atoms with Gasteiger partial charge in [-0.1, -0.05) is 36.4 Å². The van der Waals surface area contributed by atoms with Gasteiger partial charge >= 0.3 is 0 Å². The van der Waals surface area contributed by atoms with Crippen molar-refractivity contribution in [2.24, 2.45) is 0 Å². The van der Waals surface area contributed by atoms with Crippen molar-refractivity contribution < 1.29 is 0 Å². The lowest BCUT2D eigenvalue weighted by Crippen LogP contribution is -2.23. The topological polar surface area (TPSA) is 6.48 Å². The second-order valence-electron chi connectivity index (χ2n) is 4.80. The summed E-state index contributed by atoms with van der Waals surface area (Å²) in [6.07, 6.45) is 0. The Kier molecular flexibility index (Phi) is 3.88. The monoisotopic (exact) mass is 476 g/mol. The van der Waals surface area contributed by atoms with E-state index in [1.54, 1.807) is 0 Å². The highest BCUT2D eigenvalue weighted by atomic mass is 127. The largest absolute Gasteiger partial charge is 0.350 e. The van der Waals surface area contributed by atoms with Crippen LogP contribution in [-0.4, -0.2) is 23.5 Å². The van der Waals surface area contributed by atoms with Gasteiger partial charge in [0.05, 0.1) is 6.67 Å². The summed E-state index contributed by atoms with van der Waals surface area (Å²) in [7, 11) is 2.14. The fourth-order valence-electron chi connectivity index (χ4n) is 2.35. The van der Waals surface area contributed by atoms with E-state index in [0.29, 0.717) is 0 Å². The van der Waals surface area contributed by atoms with Gasteiger partial charge in [-0.2, -0.15) is 0 Å². The van der Waals surface area contributed by atoms with E-state index in [2.05, 4.69) is 104 Å². The molecule has 4 heteroatoms. The fourth-order valence-corrected chi connectivity index (χ4v) is 3.57. The number of nitrogens with zero attached hydrogens (tertiary/aromatic N) is 2. The van der Waals surface area contributed by atoms with Gasteiger partial charge in [0.25, 0.3) is 0 Å². The first-order chi connectivity index (χ1) is 9.15. The van der Waals surface area contributed by atoms with Crippen LogP contribution in [0.1, 0.15) is 5.56 Å². The average molecular weight is 476 g/mol. The first kappa shape index (κ1) is 13.5. The minimum Gasteiger partial charge on any atom is -0.350 e. The number of fused-ring (bicyclic) bond motifs is 1. The third-order valence-corrected chi connectivity index (χ3v) is 6.91. The van der Waals surface area contributed by atoms with Crippen molar-refractivity contribution in [2.45, 2.75) is 6.54 Å². The van der Waals surface area contributed by atoms with E-state index in [1.165, 1.54) is 23.7 Å². The summed E-state index contributed by atoms with van der Waals surface area (Å²) >= 11 is 4.85. The van der Waals surface area contributed by atoms with Gasteiger partial charge < -0.3 is 9.80 Å². The molecule has 3 rings (SSSR count). The van der Waals surface area contributed by atoms with Crippen molar-refractivity contribution in [3.05, 3.63) is 55.4 Å². The van der Waals surface area contributed by atoms with Crippen LogP contribution in [0.2, 0.25) is 0 Å². The van der Waals surface area contributed by atoms with Crippen molar-refractivity contribution in [3.63, 3.8) is 0 Å². The molecular formula is C15H14I2N2. The van der Waals surface area contributed by atoms with Crippen molar-refractivity contribution in [2.75, 3.05) is 13.7 Å². The summed E-state index contributed by atoms with van der Waals surface area (Å²) in [5.41, 5.74) is 1.37. The highest BCUT2D eigenvalue weighted by Gasteiger charge is 2.22. The number of halogens is 2. The minimum absolute atomic E-state index is 0.972. The van der Waals surface area contributed by atoms with Gasteiger partial charge in [-0.05, 0) is 67.6 Å². The Morgan fingerprint density at radius 1 is 1.00 bits per heavy atom. The number of hydrogen-bond acceptors (Lipinski definition) is 2. The van der Waals surface area contributed by atoms with Crippen LogP contribution in [0.15, 0.2) is 49.9 Å². The lowest BCUT2D eigenvalue weighted by molar-refractivity contribution is 0.288. The van der Waals surface area contributed by atoms with Gasteiger partial charge in [0, 0.05) is 13.6 Å². The summed E-state index contributed by atoms with van der Waals surface area (Å²) in [5, 5.41) is 2.63. The molecule has 2 nitrogen and oxygen atoms in total. The molecule has 0 N–H and O–H groups in total. The van der Waals surface area contributed by atoms with Crippen LogP contribution in [0, 0.1) is 0 Å². The van der Waals surface area contributed by atoms with E-state index in [-0.39, 0.29) is 0 Å². The molecule has 0 unspecified atom stereocenters. The van der Waals surface area contributed by atoms with Crippen molar-refractivity contribution in [1.29, 1.82) is 0 Å². The predicted molar refractivity (Wildman–Crippen MR) is 97.2 cm³/mol. The zero-order valence-corrected chi connectivity index (χ0v) is 14.9. The molecule has 0 saturated carbocycles. The molecule has 19 heavy (non-hydrogen) atoms. The van der Waals surface area contributed by atoms with Crippen molar-refractivity contribution in [1.82, 2.24) is 9.80 Å². The maximum Gasteiger partial charge on any atom is 0.108 e. The standard InChI is InChI=1S/C15H14I2N2/c1-18-10-19(15(17)14(18)16)9-11-6-7-12-4-2-3-5-13(12)8-11/h2-8H,9-10H2,1H3. The summed E-state index contributed by atoms with van der Waals surface area (Å²) in [4.78, 5) is 4.69. The molecule has 0 fully saturated rings. The summed E-state index contributed by atoms with van der Waals surface area (Å²) < 4.78 is 2.67. The van der Waals surface area contributed by atoms with Crippen molar-refractivity contribution >= 4 is 56.0 Å². The molecule has 0 atom stereocenters. The third kappa shape index (κ3) is 2.69. The van der Waals surface area contributed by atoms with Crippen LogP contribution in [0.3, 0.4) is 0 Å². The fraction of sp³-hybridized carbons (Fsp3) is 0.200. The van der Waals surface area contributed by atoms with Gasteiger partial charge in [0.1, 0.15) is 7.41 Å². The maximum absolute atomic E-state index is 2.44. The van der Waals surface area contributed by atoms with Gasteiger partial charge in [0.2, 0.25) is 0 Å². The van der Waals surface area contributed by atoms with E-state index in [1.807, 2.05) is 0 Å². The Balaban J connectivity index is 1.86.